The van der Waals surface area contributed by atoms with Gasteiger partial charge in [0, 0.05) is 19.5 Å². The van der Waals surface area contributed by atoms with Crippen molar-refractivity contribution < 1.29 is 5.11 Å². The Balaban J connectivity index is 1.98. The number of nitrogens with one attached hydrogen (secondary N) is 1. The zero-order valence-corrected chi connectivity index (χ0v) is 13.5. The summed E-state index contributed by atoms with van der Waals surface area (Å²) in [6, 6.07) is 2.54. The lowest BCUT2D eigenvalue weighted by Gasteiger charge is -2.29. The normalized spacial score (nSPS) is 22.7. The topological polar surface area (TPSA) is 99.7 Å². The van der Waals surface area contributed by atoms with E-state index in [0.717, 1.165) is 31.3 Å². The quantitative estimate of drug-likeness (QED) is 0.899. The molecule has 2 aromatic rings. The maximum atomic E-state index is 10.1. The number of rotatable bonds is 4. The molecule has 0 radical (unpaired) electrons. The van der Waals surface area contributed by atoms with Crippen LogP contribution in [0.15, 0.2) is 6.20 Å². The summed E-state index contributed by atoms with van der Waals surface area (Å²) in [5.74, 6) is 1.68. The van der Waals surface area contributed by atoms with Crippen molar-refractivity contribution in [3.8, 4) is 6.07 Å². The van der Waals surface area contributed by atoms with Crippen LogP contribution in [0.1, 0.15) is 57.0 Å². The van der Waals surface area contributed by atoms with Gasteiger partial charge in [-0.2, -0.15) is 10.2 Å². The van der Waals surface area contributed by atoms with Gasteiger partial charge >= 0.3 is 0 Å². The monoisotopic (exact) mass is 314 g/mol. The Morgan fingerprint density at radius 3 is 2.74 bits per heavy atom. The molecule has 7 heteroatoms. The number of nitriles is 1. The van der Waals surface area contributed by atoms with Gasteiger partial charge in [0.2, 0.25) is 5.95 Å². The number of aliphatic hydroxyl groups is 1. The third-order valence-electron chi connectivity index (χ3n) is 4.62. The molecule has 1 atom stereocenters. The molecular weight excluding hydrogens is 292 g/mol. The number of fused-ring (bicyclic) bond motifs is 1. The molecular formula is C16H22N6O. The number of nitrogens with zero attached hydrogens (tertiary/aromatic N) is 5. The Hall–Kier alpha value is -2.20. The maximum absolute atomic E-state index is 10.1. The largest absolute Gasteiger partial charge is 0.385 e. The predicted molar refractivity (Wildman–Crippen MR) is 86.7 cm³/mol. The lowest BCUT2D eigenvalue weighted by molar-refractivity contribution is 0.175. The standard InChI is InChI=1S/C16H22N6O/c1-10(23)14-20-13-9-19-16(18-2)21-15(13)22(14)12-5-3-11(4-6-12)7-8-17/h9-12,23H,3-7H2,1-2H3,(H,18,19,21). The molecule has 0 bridgehead atoms. The van der Waals surface area contributed by atoms with Crippen molar-refractivity contribution in [1.29, 1.82) is 5.26 Å². The summed E-state index contributed by atoms with van der Waals surface area (Å²) in [6.45, 7) is 1.73. The van der Waals surface area contributed by atoms with Crippen LogP contribution >= 0.6 is 0 Å². The minimum Gasteiger partial charge on any atom is -0.385 e. The molecule has 1 unspecified atom stereocenters. The number of aromatic nitrogens is 4. The highest BCUT2D eigenvalue weighted by molar-refractivity contribution is 5.72. The summed E-state index contributed by atoms with van der Waals surface area (Å²) >= 11 is 0. The molecule has 2 heterocycles. The van der Waals surface area contributed by atoms with Gasteiger partial charge < -0.3 is 15.0 Å². The van der Waals surface area contributed by atoms with Gasteiger partial charge in [0.05, 0.1) is 12.3 Å². The van der Waals surface area contributed by atoms with Crippen molar-refractivity contribution >= 4 is 17.1 Å². The molecule has 2 aromatic heterocycles. The summed E-state index contributed by atoms with van der Waals surface area (Å²) in [4.78, 5) is 13.3. The van der Waals surface area contributed by atoms with Crippen LogP contribution in [0.5, 0.6) is 0 Å². The molecule has 1 aliphatic rings. The lowest BCUT2D eigenvalue weighted by Crippen LogP contribution is -2.21. The van der Waals surface area contributed by atoms with E-state index in [-0.39, 0.29) is 6.04 Å². The Morgan fingerprint density at radius 1 is 1.39 bits per heavy atom. The zero-order chi connectivity index (χ0) is 16.4. The van der Waals surface area contributed by atoms with Gasteiger partial charge in [-0.15, -0.1) is 0 Å². The van der Waals surface area contributed by atoms with Crippen LogP contribution < -0.4 is 5.32 Å². The zero-order valence-electron chi connectivity index (χ0n) is 13.5. The van der Waals surface area contributed by atoms with Crippen LogP contribution in [0.2, 0.25) is 0 Å². The highest BCUT2D eigenvalue weighted by atomic mass is 16.3. The van der Waals surface area contributed by atoms with Gasteiger partial charge in [-0.05, 0) is 38.5 Å². The van der Waals surface area contributed by atoms with Crippen molar-refractivity contribution in [2.75, 3.05) is 12.4 Å². The van der Waals surface area contributed by atoms with E-state index >= 15 is 0 Å². The van der Waals surface area contributed by atoms with Gasteiger partial charge in [-0.25, -0.2) is 9.97 Å². The molecule has 7 nitrogen and oxygen atoms in total. The van der Waals surface area contributed by atoms with Crippen molar-refractivity contribution in [2.24, 2.45) is 5.92 Å². The summed E-state index contributed by atoms with van der Waals surface area (Å²) in [7, 11) is 1.78. The van der Waals surface area contributed by atoms with Gasteiger partial charge in [0.25, 0.3) is 0 Å². The summed E-state index contributed by atoms with van der Waals surface area (Å²) in [5.41, 5.74) is 1.48. The van der Waals surface area contributed by atoms with Crippen LogP contribution in [0.3, 0.4) is 0 Å². The molecule has 1 saturated carbocycles. The van der Waals surface area contributed by atoms with Crippen molar-refractivity contribution in [2.45, 2.75) is 51.2 Å². The SMILES string of the molecule is CNc1ncc2nc(C(C)O)n(C3CCC(CC#N)CC3)c2n1. The van der Waals surface area contributed by atoms with E-state index in [9.17, 15) is 5.11 Å². The second-order valence-electron chi connectivity index (χ2n) is 6.21. The van der Waals surface area contributed by atoms with Crippen LogP contribution in [-0.2, 0) is 0 Å². The average Bonchev–Trinajstić information content (AvgIpc) is 2.94. The summed E-state index contributed by atoms with van der Waals surface area (Å²) in [6.07, 6.45) is 5.69. The predicted octanol–water partition coefficient (Wildman–Crippen LogP) is 2.57. The first-order chi connectivity index (χ1) is 11.1. The lowest BCUT2D eigenvalue weighted by atomic mass is 9.84. The minimum absolute atomic E-state index is 0.263. The number of aliphatic hydroxyl groups excluding tert-OH is 1. The summed E-state index contributed by atoms with van der Waals surface area (Å²) in [5, 5.41) is 21.9. The number of hydrogen-bond acceptors (Lipinski definition) is 6. The smallest absolute Gasteiger partial charge is 0.224 e. The highest BCUT2D eigenvalue weighted by Gasteiger charge is 2.27. The van der Waals surface area contributed by atoms with Gasteiger partial charge in [-0.1, -0.05) is 0 Å². The van der Waals surface area contributed by atoms with Gasteiger partial charge in [0.15, 0.2) is 5.65 Å². The van der Waals surface area contributed by atoms with E-state index in [4.69, 9.17) is 5.26 Å². The Labute approximate surface area is 135 Å². The third-order valence-corrected chi connectivity index (χ3v) is 4.62. The molecule has 2 N–H and O–H groups in total. The van der Waals surface area contributed by atoms with E-state index in [1.54, 1.807) is 20.2 Å². The second kappa shape index (κ2) is 6.50. The van der Waals surface area contributed by atoms with Crippen molar-refractivity contribution in [1.82, 2.24) is 19.5 Å². The fourth-order valence-corrected chi connectivity index (χ4v) is 3.42. The minimum atomic E-state index is -0.654. The van der Waals surface area contributed by atoms with Crippen LogP contribution in [0.4, 0.5) is 5.95 Å². The second-order valence-corrected chi connectivity index (χ2v) is 6.21. The third kappa shape index (κ3) is 2.99. The van der Waals surface area contributed by atoms with Gasteiger partial charge in [-0.3, -0.25) is 0 Å². The van der Waals surface area contributed by atoms with Crippen molar-refractivity contribution in [3.05, 3.63) is 12.0 Å². The fourth-order valence-electron chi connectivity index (χ4n) is 3.42. The van der Waals surface area contributed by atoms with Crippen LogP contribution in [0, 0.1) is 17.2 Å². The van der Waals surface area contributed by atoms with E-state index in [1.165, 1.54) is 0 Å². The molecule has 122 valence electrons. The van der Waals surface area contributed by atoms with Gasteiger partial charge in [0.1, 0.15) is 17.4 Å². The number of imidazole rings is 1. The highest BCUT2D eigenvalue weighted by Crippen LogP contribution is 2.37. The maximum Gasteiger partial charge on any atom is 0.224 e. The van der Waals surface area contributed by atoms with E-state index < -0.39 is 6.10 Å². The molecule has 23 heavy (non-hydrogen) atoms. The molecule has 0 aromatic carbocycles. The molecule has 1 aliphatic carbocycles. The Morgan fingerprint density at radius 2 is 2.13 bits per heavy atom. The molecule has 0 amide bonds. The van der Waals surface area contributed by atoms with Crippen LogP contribution in [0.25, 0.3) is 11.2 Å². The average molecular weight is 314 g/mol. The molecule has 3 rings (SSSR count). The molecule has 0 aliphatic heterocycles. The molecule has 0 spiro atoms. The van der Waals surface area contributed by atoms with E-state index in [1.807, 2.05) is 0 Å². The summed E-state index contributed by atoms with van der Waals surface area (Å²) < 4.78 is 2.07. The van der Waals surface area contributed by atoms with Crippen LogP contribution in [-0.4, -0.2) is 31.7 Å². The first-order valence-electron chi connectivity index (χ1n) is 8.11. The Kier molecular flexibility index (Phi) is 4.44. The molecule has 0 saturated heterocycles. The fraction of sp³-hybridized carbons (Fsp3) is 0.625. The van der Waals surface area contributed by atoms with E-state index in [0.29, 0.717) is 29.6 Å². The Bertz CT molecular complexity index is 724. The number of hydrogen-bond donors (Lipinski definition) is 2. The first-order valence-corrected chi connectivity index (χ1v) is 8.11. The first kappa shape index (κ1) is 15.7. The van der Waals surface area contributed by atoms with E-state index in [2.05, 4.69) is 30.9 Å². The van der Waals surface area contributed by atoms with Crippen molar-refractivity contribution in [3.63, 3.8) is 0 Å². The molecule has 1 fully saturated rings. The number of anilines is 1.